The molecular weight excluding hydrogens is 415 g/mol. The number of aryl methyl sites for hydroxylation is 2. The zero-order chi connectivity index (χ0) is 16.7. The molecule has 1 aliphatic rings. The minimum atomic E-state index is 0. The average Bonchev–Trinajstić information content (AvgIpc) is 3.32. The Morgan fingerprint density at radius 3 is 2.62 bits per heavy atom. The molecule has 134 valence electrons. The number of hydrogen-bond donors (Lipinski definition) is 3. The Morgan fingerprint density at radius 1 is 1.25 bits per heavy atom. The predicted octanol–water partition coefficient (Wildman–Crippen LogP) is 2.65. The van der Waals surface area contributed by atoms with Crippen LogP contribution < -0.4 is 16.0 Å². The van der Waals surface area contributed by atoms with Gasteiger partial charge in [-0.2, -0.15) is 0 Å². The third kappa shape index (κ3) is 7.51. The van der Waals surface area contributed by atoms with E-state index >= 15 is 0 Å². The first-order chi connectivity index (χ1) is 11.1. The van der Waals surface area contributed by atoms with Gasteiger partial charge in [-0.25, -0.2) is 0 Å². The molecule has 0 atom stereocenters. The maximum absolute atomic E-state index is 11.6. The lowest BCUT2D eigenvalue weighted by Crippen LogP contribution is -2.37. The molecule has 0 aliphatic heterocycles. The molecule has 0 spiro atoms. The fourth-order valence-corrected chi connectivity index (χ4v) is 2.43. The van der Waals surface area contributed by atoms with Crippen LogP contribution in [-0.4, -0.2) is 31.5 Å². The summed E-state index contributed by atoms with van der Waals surface area (Å²) in [6.07, 6.45) is 3.65. The van der Waals surface area contributed by atoms with Crippen LogP contribution in [0, 0.1) is 13.8 Å². The van der Waals surface area contributed by atoms with Crippen molar-refractivity contribution >= 4 is 35.8 Å². The summed E-state index contributed by atoms with van der Waals surface area (Å²) in [6.45, 7) is 5.71. The quantitative estimate of drug-likeness (QED) is 0.262. The molecule has 0 radical (unpaired) electrons. The van der Waals surface area contributed by atoms with E-state index in [4.69, 9.17) is 0 Å². The molecule has 1 aromatic carbocycles. The zero-order valence-electron chi connectivity index (χ0n) is 14.8. The topological polar surface area (TPSA) is 65.5 Å². The summed E-state index contributed by atoms with van der Waals surface area (Å²) in [7, 11) is 1.76. The molecule has 1 amide bonds. The summed E-state index contributed by atoms with van der Waals surface area (Å²) < 4.78 is 0. The van der Waals surface area contributed by atoms with Gasteiger partial charge in [0.25, 0.3) is 0 Å². The van der Waals surface area contributed by atoms with E-state index in [0.29, 0.717) is 12.5 Å². The Morgan fingerprint density at radius 2 is 2.00 bits per heavy atom. The van der Waals surface area contributed by atoms with Crippen molar-refractivity contribution in [2.75, 3.05) is 13.6 Å². The lowest BCUT2D eigenvalue weighted by Gasteiger charge is -2.13. The second kappa shape index (κ2) is 10.5. The summed E-state index contributed by atoms with van der Waals surface area (Å²) in [5.74, 6) is 0.931. The molecular formula is C18H29IN4O. The van der Waals surface area contributed by atoms with Crippen molar-refractivity contribution in [2.24, 2.45) is 4.99 Å². The highest BCUT2D eigenvalue weighted by Gasteiger charge is 2.22. The van der Waals surface area contributed by atoms with E-state index in [2.05, 4.69) is 53.0 Å². The summed E-state index contributed by atoms with van der Waals surface area (Å²) in [6, 6.07) is 6.90. The molecule has 3 N–H and O–H groups in total. The van der Waals surface area contributed by atoms with Crippen molar-refractivity contribution in [1.82, 2.24) is 16.0 Å². The number of benzene rings is 1. The second-order valence-corrected chi connectivity index (χ2v) is 6.23. The molecule has 0 saturated heterocycles. The number of nitrogens with zero attached hydrogens (tertiary/aromatic N) is 1. The number of amides is 1. The van der Waals surface area contributed by atoms with Gasteiger partial charge >= 0.3 is 0 Å². The smallest absolute Gasteiger partial charge is 0.220 e. The zero-order valence-corrected chi connectivity index (χ0v) is 17.1. The summed E-state index contributed by atoms with van der Waals surface area (Å²) in [5, 5.41) is 9.57. The lowest BCUT2D eigenvalue weighted by molar-refractivity contribution is -0.121. The van der Waals surface area contributed by atoms with Crippen molar-refractivity contribution in [3.63, 3.8) is 0 Å². The van der Waals surface area contributed by atoms with Crippen molar-refractivity contribution < 1.29 is 4.79 Å². The van der Waals surface area contributed by atoms with Crippen LogP contribution in [-0.2, 0) is 11.3 Å². The summed E-state index contributed by atoms with van der Waals surface area (Å²) in [4.78, 5) is 15.8. The number of carbonyl (C=O) groups is 1. The van der Waals surface area contributed by atoms with Gasteiger partial charge in [0.15, 0.2) is 5.96 Å². The fourth-order valence-electron chi connectivity index (χ4n) is 2.43. The molecule has 0 heterocycles. The Labute approximate surface area is 162 Å². The Hall–Kier alpha value is -1.31. The van der Waals surface area contributed by atoms with Gasteiger partial charge in [-0.1, -0.05) is 23.8 Å². The number of nitrogens with one attached hydrogen (secondary N) is 3. The van der Waals surface area contributed by atoms with Gasteiger partial charge in [-0.05, 0) is 44.2 Å². The highest BCUT2D eigenvalue weighted by atomic mass is 127. The Bertz CT molecular complexity index is 570. The molecule has 24 heavy (non-hydrogen) atoms. The molecule has 1 saturated carbocycles. The van der Waals surface area contributed by atoms with Crippen LogP contribution in [0.25, 0.3) is 0 Å². The number of halogens is 1. The molecule has 0 aromatic heterocycles. The Balaban J connectivity index is 0.00000288. The molecule has 2 rings (SSSR count). The third-order valence-corrected chi connectivity index (χ3v) is 3.98. The van der Waals surface area contributed by atoms with Crippen molar-refractivity contribution in [3.8, 4) is 0 Å². The van der Waals surface area contributed by atoms with Crippen molar-refractivity contribution in [3.05, 3.63) is 34.9 Å². The molecule has 1 aromatic rings. The van der Waals surface area contributed by atoms with E-state index in [-0.39, 0.29) is 29.9 Å². The third-order valence-electron chi connectivity index (χ3n) is 3.98. The average molecular weight is 444 g/mol. The van der Waals surface area contributed by atoms with Gasteiger partial charge < -0.3 is 16.0 Å². The summed E-state index contributed by atoms with van der Waals surface area (Å²) >= 11 is 0. The molecule has 1 aliphatic carbocycles. The van der Waals surface area contributed by atoms with Gasteiger partial charge in [0, 0.05) is 32.6 Å². The van der Waals surface area contributed by atoms with E-state index in [1.165, 1.54) is 16.7 Å². The number of aliphatic imine (C=N–C) groups is 1. The first kappa shape index (κ1) is 20.7. The van der Waals surface area contributed by atoms with E-state index in [9.17, 15) is 4.79 Å². The minimum Gasteiger partial charge on any atom is -0.356 e. The maximum atomic E-state index is 11.6. The number of hydrogen-bond acceptors (Lipinski definition) is 2. The minimum absolute atomic E-state index is 0. The summed E-state index contributed by atoms with van der Waals surface area (Å²) in [5.41, 5.74) is 3.82. The molecule has 1 fully saturated rings. The molecule has 0 unspecified atom stereocenters. The predicted molar refractivity (Wildman–Crippen MR) is 110 cm³/mol. The van der Waals surface area contributed by atoms with Gasteiger partial charge in [0.1, 0.15) is 0 Å². The number of guanidine groups is 1. The second-order valence-electron chi connectivity index (χ2n) is 6.23. The molecule has 5 nitrogen and oxygen atoms in total. The van der Waals surface area contributed by atoms with E-state index < -0.39 is 0 Å². The normalized spacial score (nSPS) is 13.9. The van der Waals surface area contributed by atoms with Gasteiger partial charge in [-0.3, -0.25) is 9.79 Å². The van der Waals surface area contributed by atoms with E-state index in [0.717, 1.165) is 38.3 Å². The SMILES string of the molecule is CN=C(NCCCC(=O)NC1CC1)NCc1ccc(C)cc1C.I. The van der Waals surface area contributed by atoms with Crippen molar-refractivity contribution in [2.45, 2.75) is 52.1 Å². The first-order valence-electron chi connectivity index (χ1n) is 8.38. The van der Waals surface area contributed by atoms with Crippen LogP contribution in [0.5, 0.6) is 0 Å². The van der Waals surface area contributed by atoms with Crippen LogP contribution in [0.4, 0.5) is 0 Å². The molecule has 0 bridgehead atoms. The highest BCUT2D eigenvalue weighted by molar-refractivity contribution is 14.0. The standard InChI is InChI=1S/C18H28N4O.HI/c1-13-6-7-15(14(2)11-13)12-21-18(19-3)20-10-4-5-17(23)22-16-8-9-16;/h6-7,11,16H,4-5,8-10,12H2,1-3H3,(H,22,23)(H2,19,20,21);1H. The van der Waals surface area contributed by atoms with Crippen LogP contribution >= 0.6 is 24.0 Å². The van der Waals surface area contributed by atoms with Crippen LogP contribution in [0.3, 0.4) is 0 Å². The first-order valence-corrected chi connectivity index (χ1v) is 8.38. The monoisotopic (exact) mass is 444 g/mol. The maximum Gasteiger partial charge on any atom is 0.220 e. The van der Waals surface area contributed by atoms with Gasteiger partial charge in [0.2, 0.25) is 5.91 Å². The van der Waals surface area contributed by atoms with Crippen LogP contribution in [0.1, 0.15) is 42.4 Å². The van der Waals surface area contributed by atoms with Gasteiger partial charge in [0.05, 0.1) is 0 Å². The van der Waals surface area contributed by atoms with Crippen LogP contribution in [0.2, 0.25) is 0 Å². The number of rotatable bonds is 7. The Kier molecular flexibility index (Phi) is 9.10. The fraction of sp³-hybridized carbons (Fsp3) is 0.556. The van der Waals surface area contributed by atoms with Crippen molar-refractivity contribution in [1.29, 1.82) is 0 Å². The van der Waals surface area contributed by atoms with Crippen LogP contribution in [0.15, 0.2) is 23.2 Å². The van der Waals surface area contributed by atoms with E-state index in [1.54, 1.807) is 7.05 Å². The van der Waals surface area contributed by atoms with E-state index in [1.807, 2.05) is 0 Å². The van der Waals surface area contributed by atoms with Gasteiger partial charge in [-0.15, -0.1) is 24.0 Å². The number of carbonyl (C=O) groups excluding carboxylic acids is 1. The molecule has 6 heteroatoms. The lowest BCUT2D eigenvalue weighted by atomic mass is 10.1. The largest absolute Gasteiger partial charge is 0.356 e. The highest BCUT2D eigenvalue weighted by Crippen LogP contribution is 2.18.